The molecular weight excluding hydrogens is 300 g/mol. The first kappa shape index (κ1) is 12.6. The van der Waals surface area contributed by atoms with E-state index in [0.29, 0.717) is 16.7 Å². The molecule has 0 N–H and O–H groups in total. The van der Waals surface area contributed by atoms with Crippen LogP contribution in [0.2, 0.25) is 0 Å². The molecular formula is C13H9ClN2OS2. The van der Waals surface area contributed by atoms with Gasteiger partial charge in [-0.3, -0.25) is 0 Å². The highest BCUT2D eigenvalue weighted by Gasteiger charge is 2.11. The number of hydrogen-bond donors (Lipinski definition) is 0. The van der Waals surface area contributed by atoms with E-state index in [9.17, 15) is 0 Å². The Hall–Kier alpha value is -1.43. The van der Waals surface area contributed by atoms with Gasteiger partial charge in [0.15, 0.2) is 0 Å². The van der Waals surface area contributed by atoms with Crippen LogP contribution in [0.4, 0.5) is 0 Å². The molecule has 3 heterocycles. The topological polar surface area (TPSA) is 38.9 Å². The van der Waals surface area contributed by atoms with E-state index >= 15 is 0 Å². The van der Waals surface area contributed by atoms with Crippen molar-refractivity contribution in [3.63, 3.8) is 0 Å². The van der Waals surface area contributed by atoms with E-state index in [1.807, 2.05) is 35.0 Å². The van der Waals surface area contributed by atoms with Crippen molar-refractivity contribution in [2.75, 3.05) is 0 Å². The molecule has 3 rings (SSSR count). The fourth-order valence-electron chi connectivity index (χ4n) is 1.55. The quantitative estimate of drug-likeness (QED) is 0.690. The number of nitrogens with zero attached hydrogens (tertiary/aromatic N) is 2. The monoisotopic (exact) mass is 308 g/mol. The van der Waals surface area contributed by atoms with E-state index in [1.165, 1.54) is 4.88 Å². The first-order valence-electron chi connectivity index (χ1n) is 5.52. The average molecular weight is 309 g/mol. The highest BCUT2D eigenvalue weighted by molar-refractivity contribution is 7.13. The molecule has 0 aliphatic rings. The fourth-order valence-corrected chi connectivity index (χ4v) is 3.26. The number of halogens is 1. The summed E-state index contributed by atoms with van der Waals surface area (Å²) in [4.78, 5) is 6.59. The Bertz CT molecular complexity index is 713. The Morgan fingerprint density at radius 2 is 2.26 bits per heavy atom. The lowest BCUT2D eigenvalue weighted by Gasteiger charge is -1.89. The number of rotatable bonds is 3. The van der Waals surface area contributed by atoms with Crippen LogP contribution in [-0.4, -0.2) is 10.1 Å². The molecule has 3 aromatic rings. The van der Waals surface area contributed by atoms with Crippen LogP contribution in [0.5, 0.6) is 0 Å². The lowest BCUT2D eigenvalue weighted by Crippen LogP contribution is -1.78. The van der Waals surface area contributed by atoms with Gasteiger partial charge < -0.3 is 4.52 Å². The van der Waals surface area contributed by atoms with Crippen LogP contribution >= 0.6 is 34.3 Å². The predicted molar refractivity (Wildman–Crippen MR) is 80.4 cm³/mol. The summed E-state index contributed by atoms with van der Waals surface area (Å²) in [5, 5.41) is 8.32. The van der Waals surface area contributed by atoms with Crippen LogP contribution in [0.1, 0.15) is 15.6 Å². The van der Waals surface area contributed by atoms with Gasteiger partial charge in [-0.05, 0) is 36.6 Å². The minimum atomic E-state index is 0.342. The van der Waals surface area contributed by atoms with E-state index in [4.69, 9.17) is 16.1 Å². The van der Waals surface area contributed by atoms with Gasteiger partial charge in [-0.1, -0.05) is 16.8 Å². The van der Waals surface area contributed by atoms with Gasteiger partial charge >= 0.3 is 0 Å². The van der Waals surface area contributed by atoms with Gasteiger partial charge in [-0.2, -0.15) is 16.3 Å². The second kappa shape index (κ2) is 5.28. The third kappa shape index (κ3) is 2.78. The van der Waals surface area contributed by atoms with E-state index in [-0.39, 0.29) is 0 Å². The lowest BCUT2D eigenvalue weighted by molar-refractivity contribution is 0.410. The van der Waals surface area contributed by atoms with Gasteiger partial charge in [-0.25, -0.2) is 0 Å². The molecule has 0 aliphatic heterocycles. The molecule has 0 unspecified atom stereocenters. The highest BCUT2D eigenvalue weighted by Crippen LogP contribution is 2.27. The van der Waals surface area contributed by atoms with Gasteiger partial charge in [0, 0.05) is 20.7 Å². The van der Waals surface area contributed by atoms with E-state index < -0.39 is 0 Å². The Balaban J connectivity index is 1.88. The van der Waals surface area contributed by atoms with Gasteiger partial charge in [-0.15, -0.1) is 11.3 Å². The van der Waals surface area contributed by atoms with Gasteiger partial charge in [0.2, 0.25) is 5.82 Å². The maximum Gasteiger partial charge on any atom is 0.269 e. The number of thiophene rings is 2. The summed E-state index contributed by atoms with van der Waals surface area (Å²) < 4.78 is 5.18. The van der Waals surface area contributed by atoms with Gasteiger partial charge in [0.25, 0.3) is 5.89 Å². The molecule has 0 aliphatic carbocycles. The summed E-state index contributed by atoms with van der Waals surface area (Å²) in [6, 6.07) is 6.00. The smallest absolute Gasteiger partial charge is 0.269 e. The molecule has 0 amide bonds. The second-order valence-electron chi connectivity index (χ2n) is 3.88. The van der Waals surface area contributed by atoms with Crippen molar-refractivity contribution >= 4 is 45.4 Å². The Morgan fingerprint density at radius 3 is 2.95 bits per heavy atom. The molecule has 96 valence electrons. The molecule has 0 bridgehead atoms. The van der Waals surface area contributed by atoms with E-state index in [1.54, 1.807) is 22.7 Å². The average Bonchev–Trinajstić information content (AvgIpc) is 3.08. The number of hydrogen-bond acceptors (Lipinski definition) is 5. The Morgan fingerprint density at radius 1 is 1.37 bits per heavy atom. The zero-order chi connectivity index (χ0) is 13.2. The highest BCUT2D eigenvalue weighted by atomic mass is 35.5. The van der Waals surface area contributed by atoms with Crippen molar-refractivity contribution in [2.45, 2.75) is 6.92 Å². The van der Waals surface area contributed by atoms with Crippen LogP contribution in [0.25, 0.3) is 22.5 Å². The summed E-state index contributed by atoms with van der Waals surface area (Å²) in [5.74, 6) is 0.902. The van der Waals surface area contributed by atoms with Crippen molar-refractivity contribution in [3.8, 4) is 11.4 Å². The molecule has 0 aromatic carbocycles. The standard InChI is InChI=1S/C13H9ClN2OS2/c1-8-2-3-10(19-8)6-11(14)13-15-12(16-17-13)9-4-5-18-7-9/h2-7H,1H3/b11-6-. The third-order valence-electron chi connectivity index (χ3n) is 2.44. The lowest BCUT2D eigenvalue weighted by atomic mass is 10.3. The molecule has 19 heavy (non-hydrogen) atoms. The molecule has 6 heteroatoms. The maximum atomic E-state index is 6.20. The summed E-state index contributed by atoms with van der Waals surface area (Å²) in [5.41, 5.74) is 0.941. The zero-order valence-corrected chi connectivity index (χ0v) is 12.4. The molecule has 0 atom stereocenters. The third-order valence-corrected chi connectivity index (χ3v) is 4.34. The zero-order valence-electron chi connectivity index (χ0n) is 9.96. The maximum absolute atomic E-state index is 6.20. The second-order valence-corrected chi connectivity index (χ2v) is 6.38. The first-order valence-corrected chi connectivity index (χ1v) is 7.66. The number of aryl methyl sites for hydroxylation is 1. The van der Waals surface area contributed by atoms with Crippen molar-refractivity contribution < 1.29 is 4.52 Å². The van der Waals surface area contributed by atoms with Crippen molar-refractivity contribution in [1.29, 1.82) is 0 Å². The Labute approximate surface area is 123 Å². The van der Waals surface area contributed by atoms with E-state index in [2.05, 4.69) is 17.1 Å². The normalized spacial score (nSPS) is 12.0. The minimum absolute atomic E-state index is 0.342. The van der Waals surface area contributed by atoms with Crippen molar-refractivity contribution in [1.82, 2.24) is 10.1 Å². The van der Waals surface area contributed by atoms with Crippen LogP contribution in [0, 0.1) is 6.92 Å². The summed E-state index contributed by atoms with van der Waals surface area (Å²) >= 11 is 9.45. The molecule has 0 radical (unpaired) electrons. The van der Waals surface area contributed by atoms with Crippen molar-refractivity contribution in [2.24, 2.45) is 0 Å². The Kier molecular flexibility index (Phi) is 3.50. The van der Waals surface area contributed by atoms with Crippen LogP contribution in [0.15, 0.2) is 33.5 Å². The first-order chi connectivity index (χ1) is 9.22. The van der Waals surface area contributed by atoms with Crippen LogP contribution < -0.4 is 0 Å². The van der Waals surface area contributed by atoms with E-state index in [0.717, 1.165) is 10.4 Å². The molecule has 0 saturated carbocycles. The predicted octanol–water partition coefficient (Wildman–Crippen LogP) is 4.90. The van der Waals surface area contributed by atoms with Crippen LogP contribution in [-0.2, 0) is 0 Å². The SMILES string of the molecule is Cc1ccc(/C=C(\Cl)c2nc(-c3ccsc3)no2)s1. The molecule has 3 aromatic heterocycles. The molecule has 0 spiro atoms. The molecule has 3 nitrogen and oxygen atoms in total. The number of aromatic nitrogens is 2. The molecule has 0 fully saturated rings. The summed E-state index contributed by atoms with van der Waals surface area (Å²) in [7, 11) is 0. The van der Waals surface area contributed by atoms with Gasteiger partial charge in [0.05, 0.1) is 0 Å². The molecule has 0 saturated heterocycles. The summed E-state index contributed by atoms with van der Waals surface area (Å²) in [6.07, 6.45) is 1.84. The fraction of sp³-hybridized carbons (Fsp3) is 0.0769. The van der Waals surface area contributed by atoms with Crippen LogP contribution in [0.3, 0.4) is 0 Å². The van der Waals surface area contributed by atoms with Crippen molar-refractivity contribution in [3.05, 3.63) is 44.6 Å². The summed E-state index contributed by atoms with van der Waals surface area (Å²) in [6.45, 7) is 2.05. The van der Waals surface area contributed by atoms with Gasteiger partial charge in [0.1, 0.15) is 5.03 Å². The minimum Gasteiger partial charge on any atom is -0.333 e. The largest absolute Gasteiger partial charge is 0.333 e.